The summed E-state index contributed by atoms with van der Waals surface area (Å²) in [6, 6.07) is 0. The second kappa shape index (κ2) is 4.91. The molecule has 2 nitrogen and oxygen atoms in total. The Balaban J connectivity index is 0. The summed E-state index contributed by atoms with van der Waals surface area (Å²) in [5, 5.41) is 7.10. The van der Waals surface area contributed by atoms with Crippen LogP contribution in [0.4, 0.5) is 0 Å². The zero-order valence-corrected chi connectivity index (χ0v) is 4.07. The van der Waals surface area contributed by atoms with Gasteiger partial charge in [0.2, 0.25) is 0 Å². The molecule has 4 heteroatoms. The number of hydrogen-bond acceptors (Lipinski definition) is 1. The van der Waals surface area contributed by atoms with Crippen LogP contribution in [-0.2, 0) is 4.79 Å². The van der Waals surface area contributed by atoms with E-state index in [1.54, 1.807) is 0 Å². The average molecular weight is 133 g/mol. The van der Waals surface area contributed by atoms with Crippen molar-refractivity contribution in [2.24, 2.45) is 0 Å². The van der Waals surface area contributed by atoms with Crippen molar-refractivity contribution in [3.63, 3.8) is 0 Å². The molecule has 0 aromatic rings. The van der Waals surface area contributed by atoms with Crippen LogP contribution in [0, 0.1) is 0 Å². The molecule has 0 aromatic heterocycles. The molecule has 0 fully saturated rings. The van der Waals surface area contributed by atoms with E-state index in [9.17, 15) is 4.79 Å². The van der Waals surface area contributed by atoms with Crippen molar-refractivity contribution >= 4 is 47.1 Å². The van der Waals surface area contributed by atoms with Gasteiger partial charge >= 0.3 is 35.5 Å². The van der Waals surface area contributed by atoms with Gasteiger partial charge in [0, 0.05) is 0 Å². The van der Waals surface area contributed by atoms with E-state index in [1.807, 2.05) is 0 Å². The van der Waals surface area contributed by atoms with Gasteiger partial charge in [-0.3, -0.25) is 4.79 Å². The molecule has 0 aromatic carbocycles. The van der Waals surface area contributed by atoms with Crippen LogP contribution in [0.3, 0.4) is 0 Å². The predicted molar refractivity (Wildman–Crippen MR) is 30.1 cm³/mol. The molecule has 0 radical (unpaired) electrons. The SMILES string of the molecule is C[C@H](Cl)C(=O)O.[NaH]. The van der Waals surface area contributed by atoms with Crippen LogP contribution in [-0.4, -0.2) is 46.0 Å². The minimum atomic E-state index is -0.975. The molecule has 0 spiro atoms. The summed E-state index contributed by atoms with van der Waals surface area (Å²) in [5.74, 6) is -0.975. The molecule has 0 amide bonds. The number of alkyl halides is 1. The van der Waals surface area contributed by atoms with Gasteiger partial charge in [0.05, 0.1) is 0 Å². The Morgan fingerprint density at radius 3 is 2.00 bits per heavy atom. The van der Waals surface area contributed by atoms with Gasteiger partial charge in [0.1, 0.15) is 5.38 Å². The van der Waals surface area contributed by atoms with Crippen molar-refractivity contribution in [3.05, 3.63) is 0 Å². The second-order valence-corrected chi connectivity index (χ2v) is 1.61. The molecule has 0 aliphatic carbocycles. The summed E-state index contributed by atoms with van der Waals surface area (Å²) >= 11 is 5.01. The van der Waals surface area contributed by atoms with Crippen LogP contribution in [0.15, 0.2) is 0 Å². The van der Waals surface area contributed by atoms with E-state index in [2.05, 4.69) is 0 Å². The zero-order chi connectivity index (χ0) is 5.15. The van der Waals surface area contributed by atoms with Crippen molar-refractivity contribution in [3.8, 4) is 0 Å². The Hall–Kier alpha value is 0.760. The molecule has 38 valence electrons. The predicted octanol–water partition coefficient (Wildman–Crippen LogP) is 0.0498. The van der Waals surface area contributed by atoms with Gasteiger partial charge in [-0.2, -0.15) is 0 Å². The van der Waals surface area contributed by atoms with Gasteiger partial charge in [-0.1, -0.05) is 0 Å². The molecule has 0 aliphatic rings. The van der Waals surface area contributed by atoms with Crippen molar-refractivity contribution in [2.45, 2.75) is 12.3 Å². The Morgan fingerprint density at radius 2 is 2.00 bits per heavy atom. The first-order chi connectivity index (χ1) is 2.64. The summed E-state index contributed by atoms with van der Waals surface area (Å²) in [4.78, 5) is 9.57. The third-order valence-electron chi connectivity index (χ3n) is 0.340. The van der Waals surface area contributed by atoms with Crippen LogP contribution in [0.2, 0.25) is 0 Å². The molecule has 0 saturated heterocycles. The minimum absolute atomic E-state index is 0. The maximum absolute atomic E-state index is 9.57. The number of rotatable bonds is 1. The third kappa shape index (κ3) is 6.76. The van der Waals surface area contributed by atoms with E-state index >= 15 is 0 Å². The Bertz CT molecular complexity index is 64.0. The number of carboxylic acids is 1. The standard InChI is InChI=1S/C3H5ClO2.Na.H/c1-2(4)3(5)6;;/h2H,1H3,(H,5,6);;/t2-;;/m0../s1. The van der Waals surface area contributed by atoms with Gasteiger partial charge in [-0.15, -0.1) is 11.6 Å². The van der Waals surface area contributed by atoms with Gasteiger partial charge in [0.25, 0.3) is 0 Å². The Labute approximate surface area is 69.1 Å². The monoisotopic (exact) mass is 132 g/mol. The first-order valence-electron chi connectivity index (χ1n) is 1.51. The van der Waals surface area contributed by atoms with E-state index in [-0.39, 0.29) is 29.6 Å². The Morgan fingerprint density at radius 1 is 1.86 bits per heavy atom. The molecule has 1 atom stereocenters. The van der Waals surface area contributed by atoms with Crippen molar-refractivity contribution in [1.29, 1.82) is 0 Å². The van der Waals surface area contributed by atoms with E-state index in [4.69, 9.17) is 16.7 Å². The van der Waals surface area contributed by atoms with E-state index in [0.717, 1.165) is 0 Å². The quantitative estimate of drug-likeness (QED) is 0.404. The molecule has 0 rings (SSSR count). The second-order valence-electron chi connectivity index (χ2n) is 0.954. The van der Waals surface area contributed by atoms with Crippen LogP contribution >= 0.6 is 11.6 Å². The molecular formula is C3H6ClNaO2. The zero-order valence-electron chi connectivity index (χ0n) is 3.31. The van der Waals surface area contributed by atoms with Crippen LogP contribution in [0.5, 0.6) is 0 Å². The van der Waals surface area contributed by atoms with Gasteiger partial charge in [-0.05, 0) is 6.92 Å². The number of carbonyl (C=O) groups is 1. The van der Waals surface area contributed by atoms with Crippen LogP contribution in [0.25, 0.3) is 0 Å². The molecular weight excluding hydrogens is 126 g/mol. The summed E-state index contributed by atoms with van der Waals surface area (Å²) in [5.41, 5.74) is 0. The molecule has 0 saturated carbocycles. The number of carboxylic acid groups (broad SMARTS) is 1. The molecule has 7 heavy (non-hydrogen) atoms. The summed E-state index contributed by atoms with van der Waals surface area (Å²) < 4.78 is 0. The van der Waals surface area contributed by atoms with Gasteiger partial charge < -0.3 is 5.11 Å². The topological polar surface area (TPSA) is 37.3 Å². The molecule has 0 bridgehead atoms. The fourth-order valence-electron chi connectivity index (χ4n) is 0. The van der Waals surface area contributed by atoms with E-state index < -0.39 is 11.3 Å². The number of hydrogen-bond donors (Lipinski definition) is 1. The van der Waals surface area contributed by atoms with Crippen molar-refractivity contribution in [1.82, 2.24) is 0 Å². The summed E-state index contributed by atoms with van der Waals surface area (Å²) in [6.07, 6.45) is 0. The summed E-state index contributed by atoms with van der Waals surface area (Å²) in [7, 11) is 0. The molecule has 0 heterocycles. The Kier molecular flexibility index (Phi) is 7.49. The van der Waals surface area contributed by atoms with Crippen LogP contribution in [0.1, 0.15) is 6.92 Å². The summed E-state index contributed by atoms with van der Waals surface area (Å²) in [6.45, 7) is 1.41. The number of aliphatic carboxylic acids is 1. The molecule has 1 N–H and O–H groups in total. The fourth-order valence-corrected chi connectivity index (χ4v) is 0. The fraction of sp³-hybridized carbons (Fsp3) is 0.667. The first kappa shape index (κ1) is 10.7. The van der Waals surface area contributed by atoms with Gasteiger partial charge in [0.15, 0.2) is 0 Å². The first-order valence-corrected chi connectivity index (χ1v) is 1.95. The molecule has 0 aliphatic heterocycles. The normalized spacial score (nSPS) is 11.7. The van der Waals surface area contributed by atoms with E-state index in [0.29, 0.717) is 0 Å². The average Bonchev–Trinajstić information content (AvgIpc) is 1.36. The van der Waals surface area contributed by atoms with Crippen molar-refractivity contribution < 1.29 is 9.90 Å². The molecule has 0 unspecified atom stereocenters. The van der Waals surface area contributed by atoms with E-state index in [1.165, 1.54) is 6.92 Å². The number of halogens is 1. The maximum atomic E-state index is 9.57. The van der Waals surface area contributed by atoms with Crippen molar-refractivity contribution in [2.75, 3.05) is 0 Å². The van der Waals surface area contributed by atoms with Gasteiger partial charge in [-0.25, -0.2) is 0 Å². The third-order valence-corrected chi connectivity index (χ3v) is 0.527. The van der Waals surface area contributed by atoms with Crippen LogP contribution < -0.4 is 0 Å².